The predicted octanol–water partition coefficient (Wildman–Crippen LogP) is 3.08. The second kappa shape index (κ2) is 5.85. The molecule has 0 aliphatic carbocycles. The Balaban J connectivity index is 1.86. The van der Waals surface area contributed by atoms with Crippen molar-refractivity contribution in [2.24, 2.45) is 0 Å². The first kappa shape index (κ1) is 14.1. The van der Waals surface area contributed by atoms with E-state index in [2.05, 4.69) is 15.1 Å². The maximum Gasteiger partial charge on any atom is 0.224 e. The van der Waals surface area contributed by atoms with Crippen LogP contribution < -0.4 is 9.47 Å². The van der Waals surface area contributed by atoms with Crippen molar-refractivity contribution in [1.82, 2.24) is 19.7 Å². The van der Waals surface area contributed by atoms with E-state index in [0.717, 1.165) is 17.1 Å². The summed E-state index contributed by atoms with van der Waals surface area (Å²) in [7, 11) is 1.63. The second-order valence-electron chi connectivity index (χ2n) is 4.83. The zero-order valence-electron chi connectivity index (χ0n) is 12.6. The Kier molecular flexibility index (Phi) is 3.74. The highest BCUT2D eigenvalue weighted by Gasteiger charge is 2.07. The Labute approximate surface area is 128 Å². The van der Waals surface area contributed by atoms with Crippen molar-refractivity contribution in [3.63, 3.8) is 0 Å². The number of rotatable bonds is 4. The van der Waals surface area contributed by atoms with Gasteiger partial charge in [0.2, 0.25) is 5.88 Å². The molecule has 0 saturated carbocycles. The molecule has 6 heteroatoms. The molecular weight excluding hydrogens is 280 g/mol. The molecule has 0 bridgehead atoms. The summed E-state index contributed by atoms with van der Waals surface area (Å²) in [4.78, 5) is 8.38. The number of nitrogens with zero attached hydrogens (tertiary/aromatic N) is 4. The van der Waals surface area contributed by atoms with Crippen LogP contribution in [0.25, 0.3) is 5.82 Å². The van der Waals surface area contributed by atoms with Crippen LogP contribution in [-0.4, -0.2) is 26.9 Å². The molecule has 0 radical (unpaired) electrons. The number of aryl methyl sites for hydroxylation is 2. The largest absolute Gasteiger partial charge is 0.497 e. The van der Waals surface area contributed by atoms with Gasteiger partial charge in [0, 0.05) is 11.8 Å². The minimum atomic E-state index is 0.461. The summed E-state index contributed by atoms with van der Waals surface area (Å²) in [5, 5.41) is 4.41. The summed E-state index contributed by atoms with van der Waals surface area (Å²) in [6.07, 6.45) is 1.46. The van der Waals surface area contributed by atoms with E-state index >= 15 is 0 Å². The summed E-state index contributed by atoms with van der Waals surface area (Å²) in [6.45, 7) is 3.92. The molecule has 0 spiro atoms. The van der Waals surface area contributed by atoms with E-state index in [9.17, 15) is 0 Å². The van der Waals surface area contributed by atoms with E-state index in [1.54, 1.807) is 17.9 Å². The quantitative estimate of drug-likeness (QED) is 0.740. The van der Waals surface area contributed by atoms with Crippen LogP contribution in [0.2, 0.25) is 0 Å². The molecule has 0 aliphatic heterocycles. The lowest BCUT2D eigenvalue weighted by atomic mass is 10.3. The fourth-order valence-corrected chi connectivity index (χ4v) is 2.13. The van der Waals surface area contributed by atoms with Crippen LogP contribution in [0.5, 0.6) is 17.4 Å². The lowest BCUT2D eigenvalue weighted by Crippen LogP contribution is -2.03. The van der Waals surface area contributed by atoms with Crippen LogP contribution in [0.15, 0.2) is 42.7 Å². The highest BCUT2D eigenvalue weighted by Crippen LogP contribution is 2.23. The molecule has 0 fully saturated rings. The Morgan fingerprint density at radius 2 is 1.68 bits per heavy atom. The standard InChI is InChI=1S/C16H16N4O2/c1-11-8-12(2)20(19-11)15-9-16(18-10-17-15)22-14-6-4-13(21-3)5-7-14/h4-10H,1-3H3. The molecule has 0 atom stereocenters. The second-order valence-corrected chi connectivity index (χ2v) is 4.83. The molecular formula is C16H16N4O2. The van der Waals surface area contributed by atoms with Crippen molar-refractivity contribution in [2.75, 3.05) is 7.11 Å². The first-order valence-electron chi connectivity index (χ1n) is 6.83. The number of benzene rings is 1. The molecule has 1 aromatic carbocycles. The van der Waals surface area contributed by atoms with Crippen LogP contribution in [-0.2, 0) is 0 Å². The molecule has 0 saturated heterocycles. The molecule has 22 heavy (non-hydrogen) atoms. The third kappa shape index (κ3) is 2.90. The highest BCUT2D eigenvalue weighted by molar-refractivity contribution is 5.35. The number of hydrogen-bond acceptors (Lipinski definition) is 5. The topological polar surface area (TPSA) is 62.1 Å². The van der Waals surface area contributed by atoms with Crippen LogP contribution >= 0.6 is 0 Å². The molecule has 0 N–H and O–H groups in total. The average molecular weight is 296 g/mol. The van der Waals surface area contributed by atoms with Crippen molar-refractivity contribution in [2.45, 2.75) is 13.8 Å². The van der Waals surface area contributed by atoms with Gasteiger partial charge in [0.1, 0.15) is 17.8 Å². The Morgan fingerprint density at radius 3 is 2.32 bits per heavy atom. The van der Waals surface area contributed by atoms with E-state index in [1.165, 1.54) is 6.33 Å². The lowest BCUT2D eigenvalue weighted by Gasteiger charge is -2.07. The van der Waals surface area contributed by atoms with Gasteiger partial charge in [-0.15, -0.1) is 0 Å². The van der Waals surface area contributed by atoms with E-state index < -0.39 is 0 Å². The summed E-state index contributed by atoms with van der Waals surface area (Å²) in [5.41, 5.74) is 1.94. The molecule has 2 heterocycles. The average Bonchev–Trinajstić information content (AvgIpc) is 2.87. The first-order valence-corrected chi connectivity index (χ1v) is 6.83. The minimum absolute atomic E-state index is 0.461. The third-order valence-electron chi connectivity index (χ3n) is 3.14. The van der Waals surface area contributed by atoms with E-state index in [1.807, 2.05) is 44.2 Å². The molecule has 0 unspecified atom stereocenters. The Morgan fingerprint density at radius 1 is 0.955 bits per heavy atom. The Bertz CT molecular complexity index is 781. The molecule has 3 aromatic rings. The van der Waals surface area contributed by atoms with Crippen LogP contribution in [0.3, 0.4) is 0 Å². The molecule has 0 aliphatic rings. The van der Waals surface area contributed by atoms with Crippen LogP contribution in [0.1, 0.15) is 11.4 Å². The summed E-state index contributed by atoms with van der Waals surface area (Å²) in [6, 6.07) is 11.1. The fourth-order valence-electron chi connectivity index (χ4n) is 2.13. The minimum Gasteiger partial charge on any atom is -0.497 e. The van der Waals surface area contributed by atoms with Gasteiger partial charge in [0.15, 0.2) is 5.82 Å². The van der Waals surface area contributed by atoms with Crippen molar-refractivity contribution < 1.29 is 9.47 Å². The van der Waals surface area contributed by atoms with Crippen molar-refractivity contribution in [3.8, 4) is 23.2 Å². The van der Waals surface area contributed by atoms with Gasteiger partial charge in [0.25, 0.3) is 0 Å². The van der Waals surface area contributed by atoms with Crippen molar-refractivity contribution in [3.05, 3.63) is 54.1 Å². The molecule has 2 aromatic heterocycles. The first-order chi connectivity index (χ1) is 10.7. The van der Waals surface area contributed by atoms with Gasteiger partial charge in [0.05, 0.1) is 12.8 Å². The molecule has 0 amide bonds. The van der Waals surface area contributed by atoms with Crippen molar-refractivity contribution >= 4 is 0 Å². The maximum absolute atomic E-state index is 5.74. The van der Waals surface area contributed by atoms with E-state index in [4.69, 9.17) is 9.47 Å². The van der Waals surface area contributed by atoms with Gasteiger partial charge in [-0.2, -0.15) is 5.10 Å². The normalized spacial score (nSPS) is 10.5. The molecule has 112 valence electrons. The van der Waals surface area contributed by atoms with Gasteiger partial charge in [-0.25, -0.2) is 14.6 Å². The zero-order chi connectivity index (χ0) is 15.5. The molecule has 3 rings (SSSR count). The number of hydrogen-bond donors (Lipinski definition) is 0. The molecule has 6 nitrogen and oxygen atoms in total. The maximum atomic E-state index is 5.74. The van der Waals surface area contributed by atoms with Crippen molar-refractivity contribution in [1.29, 1.82) is 0 Å². The Hall–Kier alpha value is -2.89. The fraction of sp³-hybridized carbons (Fsp3) is 0.188. The summed E-state index contributed by atoms with van der Waals surface area (Å²) >= 11 is 0. The van der Waals surface area contributed by atoms with E-state index in [0.29, 0.717) is 17.4 Å². The monoisotopic (exact) mass is 296 g/mol. The number of aromatic nitrogens is 4. The smallest absolute Gasteiger partial charge is 0.224 e. The van der Waals surface area contributed by atoms with Gasteiger partial charge in [-0.1, -0.05) is 0 Å². The van der Waals surface area contributed by atoms with E-state index in [-0.39, 0.29) is 0 Å². The summed E-state index contributed by atoms with van der Waals surface area (Å²) in [5.74, 6) is 2.59. The zero-order valence-corrected chi connectivity index (χ0v) is 12.6. The SMILES string of the molecule is COc1ccc(Oc2cc(-n3nc(C)cc3C)ncn2)cc1. The van der Waals surface area contributed by atoms with Gasteiger partial charge in [-0.05, 0) is 44.2 Å². The van der Waals surface area contributed by atoms with Crippen LogP contribution in [0.4, 0.5) is 0 Å². The predicted molar refractivity (Wildman–Crippen MR) is 81.7 cm³/mol. The van der Waals surface area contributed by atoms with Gasteiger partial charge >= 0.3 is 0 Å². The highest BCUT2D eigenvalue weighted by atomic mass is 16.5. The number of ether oxygens (including phenoxy) is 2. The lowest BCUT2D eigenvalue weighted by molar-refractivity contribution is 0.412. The number of methoxy groups -OCH3 is 1. The summed E-state index contributed by atoms with van der Waals surface area (Å²) < 4.78 is 12.6. The third-order valence-corrected chi connectivity index (χ3v) is 3.14. The van der Waals surface area contributed by atoms with Gasteiger partial charge in [-0.3, -0.25) is 0 Å². The van der Waals surface area contributed by atoms with Gasteiger partial charge < -0.3 is 9.47 Å². The van der Waals surface area contributed by atoms with Crippen LogP contribution in [0, 0.1) is 13.8 Å².